The summed E-state index contributed by atoms with van der Waals surface area (Å²) in [5, 5.41) is 19.7. The first-order valence-corrected chi connectivity index (χ1v) is 3.48. The fourth-order valence-corrected chi connectivity index (χ4v) is 1.29. The Morgan fingerprint density at radius 1 is 1.80 bits per heavy atom. The Hall–Kier alpha value is -0.570. The maximum absolute atomic E-state index is 11.0. The fourth-order valence-electron chi connectivity index (χ4n) is 1.29. The molecule has 1 unspecified atom stereocenters. The van der Waals surface area contributed by atoms with E-state index in [1.807, 2.05) is 13.8 Å². The zero-order valence-corrected chi connectivity index (χ0v) is 6.37. The summed E-state index contributed by atoms with van der Waals surface area (Å²) >= 11 is 0. The summed E-state index contributed by atoms with van der Waals surface area (Å²) < 4.78 is 0.938. The summed E-state index contributed by atoms with van der Waals surface area (Å²) in [6.45, 7) is 3.85. The molecular formula is C7H13NO2. The molecule has 0 bridgehead atoms. The van der Waals surface area contributed by atoms with Gasteiger partial charge in [-0.25, -0.2) is 4.74 Å². The minimum Gasteiger partial charge on any atom is -0.624 e. The second kappa shape index (κ2) is 2.23. The van der Waals surface area contributed by atoms with Crippen molar-refractivity contribution in [3.63, 3.8) is 0 Å². The lowest BCUT2D eigenvalue weighted by atomic mass is 9.97. The van der Waals surface area contributed by atoms with Crippen LogP contribution in [0.2, 0.25) is 0 Å². The van der Waals surface area contributed by atoms with Crippen LogP contribution in [0.5, 0.6) is 0 Å². The Labute approximate surface area is 60.6 Å². The molecule has 58 valence electrons. The number of rotatable bonds is 1. The highest BCUT2D eigenvalue weighted by molar-refractivity contribution is 5.57. The maximum Gasteiger partial charge on any atom is 0.167 e. The SMILES string of the molecule is CC1(C)CC(CO)C=[N+]1[O-]. The third-order valence-corrected chi connectivity index (χ3v) is 1.94. The molecule has 1 rings (SSSR count). The van der Waals surface area contributed by atoms with Crippen LogP contribution in [0, 0.1) is 11.1 Å². The van der Waals surface area contributed by atoms with Gasteiger partial charge in [-0.15, -0.1) is 0 Å². The zero-order valence-electron chi connectivity index (χ0n) is 6.37. The topological polar surface area (TPSA) is 46.3 Å². The molecular weight excluding hydrogens is 130 g/mol. The van der Waals surface area contributed by atoms with Gasteiger partial charge in [-0.3, -0.25) is 0 Å². The molecule has 3 heteroatoms. The highest BCUT2D eigenvalue weighted by atomic mass is 16.5. The number of aliphatic hydroxyl groups is 1. The van der Waals surface area contributed by atoms with Crippen molar-refractivity contribution in [2.24, 2.45) is 5.92 Å². The molecule has 1 aliphatic rings. The van der Waals surface area contributed by atoms with Gasteiger partial charge >= 0.3 is 0 Å². The summed E-state index contributed by atoms with van der Waals surface area (Å²) in [6, 6.07) is 0. The van der Waals surface area contributed by atoms with Gasteiger partial charge in [0, 0.05) is 20.3 Å². The molecule has 0 amide bonds. The lowest BCUT2D eigenvalue weighted by Gasteiger charge is -2.17. The monoisotopic (exact) mass is 143 g/mol. The summed E-state index contributed by atoms with van der Waals surface area (Å²) in [6.07, 6.45) is 2.31. The summed E-state index contributed by atoms with van der Waals surface area (Å²) in [5.41, 5.74) is -0.312. The van der Waals surface area contributed by atoms with Crippen LogP contribution < -0.4 is 0 Å². The molecule has 1 aliphatic heterocycles. The molecule has 0 fully saturated rings. The summed E-state index contributed by atoms with van der Waals surface area (Å²) in [5.74, 6) is 0.0625. The molecule has 0 saturated carbocycles. The van der Waals surface area contributed by atoms with E-state index in [1.54, 1.807) is 6.21 Å². The number of nitrogens with zero attached hydrogens (tertiary/aromatic N) is 1. The number of aliphatic hydroxyl groups excluding tert-OH is 1. The zero-order chi connectivity index (χ0) is 7.78. The van der Waals surface area contributed by atoms with Gasteiger partial charge in [-0.1, -0.05) is 0 Å². The van der Waals surface area contributed by atoms with Gasteiger partial charge in [-0.05, 0) is 0 Å². The van der Waals surface area contributed by atoms with E-state index in [-0.39, 0.29) is 18.1 Å². The molecule has 0 spiro atoms. The molecule has 0 aromatic heterocycles. The first-order valence-electron chi connectivity index (χ1n) is 3.48. The smallest absolute Gasteiger partial charge is 0.167 e. The van der Waals surface area contributed by atoms with E-state index >= 15 is 0 Å². The minimum atomic E-state index is -0.312. The highest BCUT2D eigenvalue weighted by Gasteiger charge is 2.36. The Kier molecular flexibility index (Phi) is 1.68. The molecule has 10 heavy (non-hydrogen) atoms. The van der Waals surface area contributed by atoms with E-state index in [0.29, 0.717) is 0 Å². The molecule has 1 heterocycles. The van der Waals surface area contributed by atoms with Gasteiger partial charge in [-0.2, -0.15) is 0 Å². The predicted octanol–water partition coefficient (Wildman–Crippen LogP) is 0.358. The second-order valence-corrected chi connectivity index (χ2v) is 3.43. The van der Waals surface area contributed by atoms with E-state index in [2.05, 4.69) is 0 Å². The van der Waals surface area contributed by atoms with Crippen molar-refractivity contribution in [3.05, 3.63) is 5.21 Å². The molecule has 0 aliphatic carbocycles. The van der Waals surface area contributed by atoms with E-state index in [1.165, 1.54) is 0 Å². The largest absolute Gasteiger partial charge is 0.624 e. The number of hydrogen-bond acceptors (Lipinski definition) is 2. The van der Waals surface area contributed by atoms with Crippen LogP contribution in [0.1, 0.15) is 20.3 Å². The third kappa shape index (κ3) is 1.14. The van der Waals surface area contributed by atoms with Crippen molar-refractivity contribution in [1.29, 1.82) is 0 Å². The quantitative estimate of drug-likeness (QED) is 0.425. The van der Waals surface area contributed by atoms with Crippen LogP contribution >= 0.6 is 0 Å². The molecule has 0 saturated heterocycles. The molecule has 1 N–H and O–H groups in total. The summed E-state index contributed by atoms with van der Waals surface area (Å²) in [7, 11) is 0. The van der Waals surface area contributed by atoms with Gasteiger partial charge in [0.2, 0.25) is 0 Å². The van der Waals surface area contributed by atoms with Crippen molar-refractivity contribution in [3.8, 4) is 0 Å². The van der Waals surface area contributed by atoms with Gasteiger partial charge in [0.1, 0.15) is 0 Å². The van der Waals surface area contributed by atoms with Gasteiger partial charge in [0.05, 0.1) is 12.5 Å². The maximum atomic E-state index is 11.0. The van der Waals surface area contributed by atoms with E-state index < -0.39 is 0 Å². The van der Waals surface area contributed by atoms with Crippen molar-refractivity contribution in [1.82, 2.24) is 0 Å². The van der Waals surface area contributed by atoms with Gasteiger partial charge in [0.15, 0.2) is 11.8 Å². The number of hydrogen-bond donors (Lipinski definition) is 1. The van der Waals surface area contributed by atoms with Crippen LogP contribution in [0.3, 0.4) is 0 Å². The summed E-state index contributed by atoms with van der Waals surface area (Å²) in [4.78, 5) is 0. The normalized spacial score (nSPS) is 30.3. The van der Waals surface area contributed by atoms with E-state index in [0.717, 1.165) is 11.2 Å². The molecule has 0 aromatic carbocycles. The van der Waals surface area contributed by atoms with Crippen LogP contribution in [0.4, 0.5) is 0 Å². The Balaban J connectivity index is 2.68. The van der Waals surface area contributed by atoms with Gasteiger partial charge in [0.25, 0.3) is 0 Å². The fraction of sp³-hybridized carbons (Fsp3) is 0.857. The first-order chi connectivity index (χ1) is 4.56. The van der Waals surface area contributed by atoms with Crippen LogP contribution in [-0.2, 0) is 0 Å². The van der Waals surface area contributed by atoms with Crippen molar-refractivity contribution < 1.29 is 9.85 Å². The molecule has 1 atom stereocenters. The average molecular weight is 143 g/mol. The van der Waals surface area contributed by atoms with Crippen molar-refractivity contribution >= 4 is 6.21 Å². The van der Waals surface area contributed by atoms with Crippen molar-refractivity contribution in [2.75, 3.05) is 6.61 Å². The van der Waals surface area contributed by atoms with Crippen LogP contribution in [-0.4, -0.2) is 28.2 Å². The van der Waals surface area contributed by atoms with E-state index in [9.17, 15) is 5.21 Å². The van der Waals surface area contributed by atoms with Crippen LogP contribution in [0.25, 0.3) is 0 Å². The lowest BCUT2D eigenvalue weighted by Crippen LogP contribution is -2.27. The molecule has 3 nitrogen and oxygen atoms in total. The van der Waals surface area contributed by atoms with Gasteiger partial charge < -0.3 is 10.3 Å². The standard InChI is InChI=1S/C7H13NO2/c1-7(2)3-6(5-9)4-8(7)10/h4,6,9H,3,5H2,1-2H3. The average Bonchev–Trinajstić information content (AvgIpc) is 2.08. The Morgan fingerprint density at radius 2 is 2.40 bits per heavy atom. The van der Waals surface area contributed by atoms with Crippen molar-refractivity contribution in [2.45, 2.75) is 25.8 Å². The Morgan fingerprint density at radius 3 is 2.60 bits per heavy atom. The van der Waals surface area contributed by atoms with E-state index in [4.69, 9.17) is 5.11 Å². The molecule has 0 radical (unpaired) electrons. The Bertz CT molecular complexity index is 163. The second-order valence-electron chi connectivity index (χ2n) is 3.43. The highest BCUT2D eigenvalue weighted by Crippen LogP contribution is 2.24. The minimum absolute atomic E-state index is 0.0625. The number of hydroxylamine groups is 1. The lowest BCUT2D eigenvalue weighted by molar-refractivity contribution is -0.527. The predicted molar refractivity (Wildman–Crippen MR) is 39.0 cm³/mol. The first kappa shape index (κ1) is 7.54. The molecule has 0 aromatic rings. The van der Waals surface area contributed by atoms with Crippen LogP contribution in [0.15, 0.2) is 0 Å². The third-order valence-electron chi connectivity index (χ3n) is 1.94.